The number of fused-ring (bicyclic) bond motifs is 4. The second-order valence-electron chi connectivity index (χ2n) is 14.3. The number of halogens is 1. The van der Waals surface area contributed by atoms with Gasteiger partial charge >= 0.3 is 0 Å². The molecule has 44 heavy (non-hydrogen) atoms. The summed E-state index contributed by atoms with van der Waals surface area (Å²) in [5.41, 5.74) is 2.70. The third-order valence-corrected chi connectivity index (χ3v) is 13.7. The fourth-order valence-corrected chi connectivity index (χ4v) is 9.70. The van der Waals surface area contributed by atoms with Crippen molar-refractivity contribution in [2.75, 3.05) is 24.6 Å². The Morgan fingerprint density at radius 1 is 1.18 bits per heavy atom. The van der Waals surface area contributed by atoms with E-state index >= 15 is 0 Å². The number of carbonyl (C=O) groups is 1. The van der Waals surface area contributed by atoms with Crippen LogP contribution in [0, 0.1) is 23.7 Å². The SMILES string of the molecule is C=S1(=O)NC(=O)c2ccc3c(c2)N(C[C@@H]2CC[C@H]2[C@@](O)(C(C)C)/C=C/C[C@H](C)[C@H]1C)C[C@@]1(CCCc2cc(Cl)ccc21)CO3. The smallest absolute Gasteiger partial charge is 0.262 e. The topological polar surface area (TPSA) is 78.9 Å². The first-order valence-corrected chi connectivity index (χ1v) is 18.4. The van der Waals surface area contributed by atoms with Gasteiger partial charge in [-0.05, 0) is 116 Å². The second kappa shape index (κ2) is 11.7. The molecule has 2 aliphatic carbocycles. The highest BCUT2D eigenvalue weighted by atomic mass is 35.5. The maximum absolute atomic E-state index is 13.7. The molecule has 2 heterocycles. The van der Waals surface area contributed by atoms with Crippen LogP contribution in [0.4, 0.5) is 5.69 Å². The lowest BCUT2D eigenvalue weighted by Gasteiger charge is -2.50. The number of benzene rings is 2. The minimum absolute atomic E-state index is 0.00145. The van der Waals surface area contributed by atoms with Gasteiger partial charge in [-0.3, -0.25) is 9.52 Å². The molecule has 2 bridgehead atoms. The molecule has 4 aliphatic rings. The number of hydrogen-bond acceptors (Lipinski definition) is 5. The number of nitrogens with one attached hydrogen (secondary N) is 1. The molecule has 1 fully saturated rings. The standard InChI is InChI=1S/C36H47ClN2O4S/c1-23(2)36(41)17-6-8-24(3)25(4)44(5,42)38-34(40)27-11-15-33-32(19-27)39(20-28-10-13-31(28)36)21-35(22-43-33)16-7-9-26-18-29(37)12-14-30(26)35/h6,11-12,14-15,17-19,23-25,28,31,41H,5,7-10,13,16,20-22H2,1-4H3,(H,38,40,42)/b17-6+/t24-,25+,28-,31+,35-,36-,44?/m0/s1. The monoisotopic (exact) mass is 638 g/mol. The van der Waals surface area contributed by atoms with Crippen molar-refractivity contribution in [3.05, 3.63) is 70.3 Å². The molecule has 1 amide bonds. The molecule has 1 spiro atoms. The zero-order valence-electron chi connectivity index (χ0n) is 26.5. The highest BCUT2D eigenvalue weighted by Gasteiger charge is 2.49. The Morgan fingerprint density at radius 2 is 1.98 bits per heavy atom. The predicted octanol–water partition coefficient (Wildman–Crippen LogP) is 6.57. The fraction of sp³-hybridized carbons (Fsp3) is 0.556. The van der Waals surface area contributed by atoms with E-state index in [1.54, 1.807) is 6.07 Å². The van der Waals surface area contributed by atoms with Crippen LogP contribution in [-0.2, 0) is 21.5 Å². The summed E-state index contributed by atoms with van der Waals surface area (Å²) in [6.45, 7) is 10.1. The largest absolute Gasteiger partial charge is 0.490 e. The van der Waals surface area contributed by atoms with Gasteiger partial charge in [-0.2, -0.15) is 0 Å². The first kappa shape index (κ1) is 31.5. The van der Waals surface area contributed by atoms with Gasteiger partial charge in [0.05, 0.1) is 27.6 Å². The Hall–Kier alpha value is -2.48. The Balaban J connectivity index is 1.46. The summed E-state index contributed by atoms with van der Waals surface area (Å²) in [6.07, 6.45) is 9.75. The average molecular weight is 639 g/mol. The first-order valence-electron chi connectivity index (χ1n) is 16.2. The number of carbonyl (C=O) groups excluding carboxylic acids is 1. The van der Waals surface area contributed by atoms with Crippen LogP contribution < -0.4 is 14.4 Å². The van der Waals surface area contributed by atoms with Crippen molar-refractivity contribution < 1.29 is 18.8 Å². The van der Waals surface area contributed by atoms with Gasteiger partial charge in [0.1, 0.15) is 5.75 Å². The number of aryl methyl sites for hydroxylation is 1. The van der Waals surface area contributed by atoms with E-state index in [-0.39, 0.29) is 40.2 Å². The highest BCUT2D eigenvalue weighted by Crippen LogP contribution is 2.49. The Bertz CT molecular complexity index is 1570. The molecular formula is C36H47ClN2O4S. The van der Waals surface area contributed by atoms with Gasteiger partial charge < -0.3 is 14.7 Å². The maximum Gasteiger partial charge on any atom is 0.262 e. The molecule has 6 rings (SSSR count). The minimum Gasteiger partial charge on any atom is -0.490 e. The number of allylic oxidation sites excluding steroid dienone is 1. The Morgan fingerprint density at radius 3 is 2.70 bits per heavy atom. The van der Waals surface area contributed by atoms with E-state index in [0.717, 1.165) is 61.7 Å². The van der Waals surface area contributed by atoms with Crippen molar-refractivity contribution in [2.45, 2.75) is 82.5 Å². The van der Waals surface area contributed by atoms with Crippen molar-refractivity contribution in [2.24, 2.45) is 23.7 Å². The molecule has 0 radical (unpaired) electrons. The molecule has 8 heteroatoms. The van der Waals surface area contributed by atoms with Gasteiger partial charge in [0.25, 0.3) is 5.91 Å². The maximum atomic E-state index is 13.7. The number of rotatable bonds is 1. The number of hydrogen-bond donors (Lipinski definition) is 2. The molecular weight excluding hydrogens is 592 g/mol. The molecule has 0 aromatic heterocycles. The lowest BCUT2D eigenvalue weighted by Crippen LogP contribution is -2.54. The molecule has 1 saturated carbocycles. The van der Waals surface area contributed by atoms with E-state index in [9.17, 15) is 14.1 Å². The number of ether oxygens (including phenoxy) is 1. The van der Waals surface area contributed by atoms with Crippen LogP contribution in [0.5, 0.6) is 5.75 Å². The number of anilines is 1. The molecule has 2 aromatic rings. The van der Waals surface area contributed by atoms with E-state index in [1.807, 2.05) is 38.1 Å². The van der Waals surface area contributed by atoms with Crippen molar-refractivity contribution in [3.8, 4) is 5.75 Å². The van der Waals surface area contributed by atoms with Gasteiger partial charge in [0.2, 0.25) is 0 Å². The predicted molar refractivity (Wildman–Crippen MR) is 181 cm³/mol. The van der Waals surface area contributed by atoms with Crippen molar-refractivity contribution >= 4 is 38.8 Å². The van der Waals surface area contributed by atoms with Crippen LogP contribution in [0.25, 0.3) is 0 Å². The van der Waals surface area contributed by atoms with Crippen LogP contribution in [0.1, 0.15) is 81.3 Å². The van der Waals surface area contributed by atoms with Crippen LogP contribution >= 0.6 is 11.6 Å². The second-order valence-corrected chi connectivity index (χ2v) is 17.1. The number of aliphatic hydroxyl groups is 1. The summed E-state index contributed by atoms with van der Waals surface area (Å²) < 4.78 is 23.1. The molecule has 2 aromatic carbocycles. The summed E-state index contributed by atoms with van der Waals surface area (Å²) in [6, 6.07) is 11.8. The minimum atomic E-state index is -2.94. The normalized spacial score (nSPS) is 36.3. The van der Waals surface area contributed by atoms with Crippen LogP contribution in [0.15, 0.2) is 48.6 Å². The van der Waals surface area contributed by atoms with Gasteiger partial charge in [0, 0.05) is 34.3 Å². The molecule has 2 aliphatic heterocycles. The summed E-state index contributed by atoms with van der Waals surface area (Å²) >= 11 is 6.43. The molecule has 6 nitrogen and oxygen atoms in total. The lowest BCUT2D eigenvalue weighted by molar-refractivity contribution is -0.0757. The summed E-state index contributed by atoms with van der Waals surface area (Å²) in [5, 5.41) is 12.6. The fourth-order valence-electron chi connectivity index (χ4n) is 8.03. The third kappa shape index (κ3) is 5.58. The van der Waals surface area contributed by atoms with Crippen molar-refractivity contribution in [1.29, 1.82) is 0 Å². The molecule has 7 atom stereocenters. The average Bonchev–Trinajstić information content (AvgIpc) is 3.10. The zero-order valence-corrected chi connectivity index (χ0v) is 28.1. The number of amides is 1. The molecule has 0 saturated heterocycles. The van der Waals surface area contributed by atoms with Gasteiger partial charge in [-0.1, -0.05) is 50.6 Å². The number of nitrogens with zero attached hydrogens (tertiary/aromatic N) is 1. The lowest BCUT2D eigenvalue weighted by atomic mass is 9.61. The van der Waals surface area contributed by atoms with E-state index in [2.05, 4.69) is 47.5 Å². The van der Waals surface area contributed by atoms with E-state index in [1.165, 1.54) is 11.1 Å². The molecule has 2 N–H and O–H groups in total. The third-order valence-electron chi connectivity index (χ3n) is 11.3. The van der Waals surface area contributed by atoms with Gasteiger partial charge in [-0.25, -0.2) is 4.21 Å². The van der Waals surface area contributed by atoms with Crippen LogP contribution in [0.3, 0.4) is 0 Å². The summed E-state index contributed by atoms with van der Waals surface area (Å²) in [5.74, 6) is 4.77. The van der Waals surface area contributed by atoms with Gasteiger partial charge in [0.15, 0.2) is 0 Å². The summed E-state index contributed by atoms with van der Waals surface area (Å²) in [7, 11) is -2.94. The Kier molecular flexibility index (Phi) is 8.38. The zero-order chi connectivity index (χ0) is 31.4. The van der Waals surface area contributed by atoms with Crippen molar-refractivity contribution in [1.82, 2.24) is 4.72 Å². The van der Waals surface area contributed by atoms with E-state index in [0.29, 0.717) is 18.6 Å². The molecule has 1 unspecified atom stereocenters. The quantitative estimate of drug-likeness (QED) is 0.273. The van der Waals surface area contributed by atoms with E-state index < -0.39 is 15.3 Å². The van der Waals surface area contributed by atoms with Gasteiger partial charge in [-0.15, -0.1) is 0 Å². The van der Waals surface area contributed by atoms with Crippen LogP contribution in [0.2, 0.25) is 5.02 Å². The van der Waals surface area contributed by atoms with Crippen molar-refractivity contribution in [3.63, 3.8) is 0 Å². The van der Waals surface area contributed by atoms with E-state index in [4.69, 9.17) is 16.3 Å². The first-order chi connectivity index (χ1) is 20.8. The summed E-state index contributed by atoms with van der Waals surface area (Å²) in [4.78, 5) is 16.0. The Labute approximate surface area is 268 Å². The highest BCUT2D eigenvalue weighted by molar-refractivity contribution is 7.99. The van der Waals surface area contributed by atoms with Crippen LogP contribution in [-0.4, -0.2) is 51.6 Å². The molecule has 238 valence electrons.